The molecule has 0 radical (unpaired) electrons. The minimum Gasteiger partial charge on any atom is -0.351 e. The van der Waals surface area contributed by atoms with Crippen molar-refractivity contribution >= 4 is 17.4 Å². The zero-order chi connectivity index (χ0) is 13.9. The summed E-state index contributed by atoms with van der Waals surface area (Å²) in [6, 6.07) is 10.5. The Labute approximate surface area is 124 Å². The molecule has 4 heteroatoms. The summed E-state index contributed by atoms with van der Waals surface area (Å²) in [4.78, 5) is 6.76. The van der Waals surface area contributed by atoms with Crippen molar-refractivity contribution in [1.29, 1.82) is 0 Å². The van der Waals surface area contributed by atoms with Gasteiger partial charge in [-0.1, -0.05) is 35.9 Å². The molecule has 104 valence electrons. The van der Waals surface area contributed by atoms with Gasteiger partial charge in [0, 0.05) is 25.8 Å². The molecule has 3 rings (SSSR count). The molecule has 0 spiro atoms. The monoisotopic (exact) mass is 287 g/mol. The van der Waals surface area contributed by atoms with E-state index in [0.29, 0.717) is 11.6 Å². The lowest BCUT2D eigenvalue weighted by molar-refractivity contribution is 0.754. The zero-order valence-electron chi connectivity index (χ0n) is 11.3. The summed E-state index contributed by atoms with van der Waals surface area (Å²) >= 11 is 6.36. The average Bonchev–Trinajstić information content (AvgIpc) is 2.69. The van der Waals surface area contributed by atoms with E-state index in [1.807, 2.05) is 12.3 Å². The van der Waals surface area contributed by atoms with Gasteiger partial charge >= 0.3 is 0 Å². The van der Waals surface area contributed by atoms with Gasteiger partial charge in [0.05, 0.1) is 5.02 Å². The molecule has 0 amide bonds. The number of hydrogen-bond acceptors (Lipinski definition) is 3. The summed E-state index contributed by atoms with van der Waals surface area (Å²) < 4.78 is 0. The molecule has 20 heavy (non-hydrogen) atoms. The molecule has 0 fully saturated rings. The van der Waals surface area contributed by atoms with E-state index >= 15 is 0 Å². The van der Waals surface area contributed by atoms with Crippen LogP contribution in [0.25, 0.3) is 0 Å². The quantitative estimate of drug-likeness (QED) is 0.923. The van der Waals surface area contributed by atoms with Crippen LogP contribution in [0.5, 0.6) is 0 Å². The van der Waals surface area contributed by atoms with Crippen LogP contribution in [0.2, 0.25) is 5.02 Å². The van der Waals surface area contributed by atoms with Crippen LogP contribution in [0.15, 0.2) is 36.5 Å². The second-order valence-corrected chi connectivity index (χ2v) is 5.55. The number of fused-ring (bicyclic) bond motifs is 1. The highest BCUT2D eigenvalue weighted by Gasteiger charge is 2.17. The first-order valence-corrected chi connectivity index (χ1v) is 7.32. The fourth-order valence-electron chi connectivity index (χ4n) is 2.70. The number of rotatable bonds is 2. The molecule has 2 aromatic rings. The van der Waals surface area contributed by atoms with E-state index < -0.39 is 0 Å². The SMILES string of the molecule is NCc1cnc(N2CCCc3ccccc3C2)c(Cl)c1. The minimum absolute atomic E-state index is 0.468. The lowest BCUT2D eigenvalue weighted by Gasteiger charge is -2.23. The number of aryl methyl sites for hydroxylation is 1. The van der Waals surface area contributed by atoms with Gasteiger partial charge in [-0.2, -0.15) is 0 Å². The normalized spacial score (nSPS) is 14.8. The summed E-state index contributed by atoms with van der Waals surface area (Å²) in [6.07, 6.45) is 4.05. The molecular formula is C16H18ClN3. The smallest absolute Gasteiger partial charge is 0.147 e. The highest BCUT2D eigenvalue weighted by Crippen LogP contribution is 2.28. The van der Waals surface area contributed by atoms with Crippen molar-refractivity contribution in [2.45, 2.75) is 25.9 Å². The Bertz CT molecular complexity index is 612. The zero-order valence-corrected chi connectivity index (χ0v) is 12.1. The van der Waals surface area contributed by atoms with Gasteiger partial charge in [-0.25, -0.2) is 4.98 Å². The molecule has 0 saturated heterocycles. The second-order valence-electron chi connectivity index (χ2n) is 5.15. The van der Waals surface area contributed by atoms with Crippen molar-refractivity contribution in [1.82, 2.24) is 4.98 Å². The lowest BCUT2D eigenvalue weighted by atomic mass is 10.0. The molecule has 3 nitrogen and oxygen atoms in total. The van der Waals surface area contributed by atoms with Gasteiger partial charge in [0.2, 0.25) is 0 Å². The molecule has 0 aliphatic carbocycles. The van der Waals surface area contributed by atoms with Crippen molar-refractivity contribution < 1.29 is 0 Å². The number of hydrogen-bond donors (Lipinski definition) is 1. The first kappa shape index (κ1) is 13.4. The molecule has 0 bridgehead atoms. The van der Waals surface area contributed by atoms with Crippen molar-refractivity contribution in [3.8, 4) is 0 Å². The molecule has 0 saturated carbocycles. The van der Waals surface area contributed by atoms with Crippen LogP contribution in [0.1, 0.15) is 23.1 Å². The first-order valence-electron chi connectivity index (χ1n) is 6.94. The molecule has 2 N–H and O–H groups in total. The Morgan fingerprint density at radius 3 is 2.80 bits per heavy atom. The second kappa shape index (κ2) is 5.81. The molecule has 1 aromatic carbocycles. The van der Waals surface area contributed by atoms with E-state index in [4.69, 9.17) is 17.3 Å². The van der Waals surface area contributed by atoms with Gasteiger partial charge < -0.3 is 10.6 Å². The highest BCUT2D eigenvalue weighted by molar-refractivity contribution is 6.33. The van der Waals surface area contributed by atoms with E-state index in [-0.39, 0.29) is 0 Å². The van der Waals surface area contributed by atoms with Gasteiger partial charge in [-0.15, -0.1) is 0 Å². The number of aromatic nitrogens is 1. The van der Waals surface area contributed by atoms with Crippen LogP contribution in [0, 0.1) is 0 Å². The third kappa shape index (κ3) is 2.65. The van der Waals surface area contributed by atoms with Crippen molar-refractivity contribution in [2.24, 2.45) is 5.73 Å². The summed E-state index contributed by atoms with van der Waals surface area (Å²) in [5, 5.41) is 0.687. The van der Waals surface area contributed by atoms with E-state index in [2.05, 4.69) is 34.1 Å². The topological polar surface area (TPSA) is 42.1 Å². The fraction of sp³-hybridized carbons (Fsp3) is 0.312. The number of halogens is 1. The maximum absolute atomic E-state index is 6.36. The Balaban J connectivity index is 1.91. The van der Waals surface area contributed by atoms with Gasteiger partial charge in [-0.3, -0.25) is 0 Å². The number of anilines is 1. The van der Waals surface area contributed by atoms with Gasteiger partial charge in [0.15, 0.2) is 0 Å². The van der Waals surface area contributed by atoms with Crippen LogP contribution in [0.3, 0.4) is 0 Å². The number of nitrogens with two attached hydrogens (primary N) is 1. The maximum Gasteiger partial charge on any atom is 0.147 e. The van der Waals surface area contributed by atoms with Crippen LogP contribution in [0.4, 0.5) is 5.82 Å². The maximum atomic E-state index is 6.36. The molecule has 1 aliphatic rings. The lowest BCUT2D eigenvalue weighted by Crippen LogP contribution is -2.24. The van der Waals surface area contributed by atoms with Crippen LogP contribution >= 0.6 is 11.6 Å². The molecule has 2 heterocycles. The van der Waals surface area contributed by atoms with E-state index in [1.165, 1.54) is 11.1 Å². The Hall–Kier alpha value is -1.58. The minimum atomic E-state index is 0.468. The number of pyridine rings is 1. The average molecular weight is 288 g/mol. The third-order valence-electron chi connectivity index (χ3n) is 3.77. The summed E-state index contributed by atoms with van der Waals surface area (Å²) in [5.41, 5.74) is 9.39. The Morgan fingerprint density at radius 1 is 1.25 bits per heavy atom. The van der Waals surface area contributed by atoms with Crippen LogP contribution < -0.4 is 10.6 Å². The van der Waals surface area contributed by atoms with Crippen LogP contribution in [-0.4, -0.2) is 11.5 Å². The van der Waals surface area contributed by atoms with Gasteiger partial charge in [0.1, 0.15) is 5.82 Å². The van der Waals surface area contributed by atoms with Gasteiger partial charge in [0.25, 0.3) is 0 Å². The summed E-state index contributed by atoms with van der Waals surface area (Å²) in [6.45, 7) is 2.31. The molecule has 1 aromatic heterocycles. The summed E-state index contributed by atoms with van der Waals surface area (Å²) in [7, 11) is 0. The molecule has 1 aliphatic heterocycles. The molecular weight excluding hydrogens is 270 g/mol. The number of nitrogens with zero attached hydrogens (tertiary/aromatic N) is 2. The largest absolute Gasteiger partial charge is 0.351 e. The predicted molar refractivity (Wildman–Crippen MR) is 83.0 cm³/mol. The summed E-state index contributed by atoms with van der Waals surface area (Å²) in [5.74, 6) is 0.862. The highest BCUT2D eigenvalue weighted by atomic mass is 35.5. The van der Waals surface area contributed by atoms with Crippen molar-refractivity contribution in [3.05, 3.63) is 58.2 Å². The van der Waals surface area contributed by atoms with E-state index in [1.54, 1.807) is 0 Å². The van der Waals surface area contributed by atoms with Crippen LogP contribution in [-0.2, 0) is 19.5 Å². The van der Waals surface area contributed by atoms with Crippen molar-refractivity contribution in [2.75, 3.05) is 11.4 Å². The standard InChI is InChI=1S/C16H18ClN3/c17-15-8-12(9-18)10-19-16(15)20-7-3-6-13-4-1-2-5-14(13)11-20/h1-2,4-5,8,10H,3,6-7,9,11,18H2. The van der Waals surface area contributed by atoms with Gasteiger partial charge in [-0.05, 0) is 35.6 Å². The number of benzene rings is 1. The fourth-order valence-corrected chi connectivity index (χ4v) is 3.00. The van der Waals surface area contributed by atoms with Crippen molar-refractivity contribution in [3.63, 3.8) is 0 Å². The van der Waals surface area contributed by atoms with E-state index in [0.717, 1.165) is 37.3 Å². The first-order chi connectivity index (χ1) is 9.78. The predicted octanol–water partition coefficient (Wildman–Crippen LogP) is 3.15. The van der Waals surface area contributed by atoms with E-state index in [9.17, 15) is 0 Å². The Morgan fingerprint density at radius 2 is 2.05 bits per heavy atom. The molecule has 0 atom stereocenters. The Kier molecular flexibility index (Phi) is 3.90. The third-order valence-corrected chi connectivity index (χ3v) is 4.05. The molecule has 0 unspecified atom stereocenters.